The lowest BCUT2D eigenvalue weighted by atomic mass is 9.67. The maximum Gasteiger partial charge on any atom is 0.314 e. The molecule has 0 atom stereocenters. The third-order valence-electron chi connectivity index (χ3n) is 3.96. The molecule has 0 aromatic heterocycles. The predicted octanol–water partition coefficient (Wildman–Crippen LogP) is 2.92. The normalized spacial score (nSPS) is 28.9. The van der Waals surface area contributed by atoms with Gasteiger partial charge in [0.25, 0.3) is 0 Å². The van der Waals surface area contributed by atoms with Gasteiger partial charge in [-0.2, -0.15) is 0 Å². The number of aliphatic carboxylic acids is 1. The Bertz CT molecular complexity index is 400. The van der Waals surface area contributed by atoms with Crippen LogP contribution < -0.4 is 0 Å². The monoisotopic (exact) mass is 234 g/mol. The summed E-state index contributed by atoms with van der Waals surface area (Å²) in [5.41, 5.74) is 0.0647. The number of carboxylic acids is 1. The number of rotatable bonds is 2. The van der Waals surface area contributed by atoms with Crippen LogP contribution >= 0.6 is 0 Å². The molecule has 1 aliphatic rings. The van der Waals surface area contributed by atoms with Crippen LogP contribution in [0.2, 0.25) is 0 Å². The van der Waals surface area contributed by atoms with Crippen molar-refractivity contribution in [2.24, 2.45) is 5.92 Å². The van der Waals surface area contributed by atoms with E-state index in [1.165, 1.54) is 0 Å². The summed E-state index contributed by atoms with van der Waals surface area (Å²) < 4.78 is 0. The SMILES string of the molecule is CC1CCC(C(=O)O)(c2ccc(O)cc2)CC1. The molecule has 0 amide bonds. The predicted molar refractivity (Wildman–Crippen MR) is 65.1 cm³/mol. The van der Waals surface area contributed by atoms with Gasteiger partial charge in [0.15, 0.2) is 0 Å². The van der Waals surface area contributed by atoms with Crippen molar-refractivity contribution in [3.63, 3.8) is 0 Å². The van der Waals surface area contributed by atoms with Crippen molar-refractivity contribution in [2.45, 2.75) is 38.0 Å². The second-order valence-corrected chi connectivity index (χ2v) is 5.12. The molecule has 0 spiro atoms. The molecule has 3 heteroatoms. The Kier molecular flexibility index (Phi) is 3.09. The summed E-state index contributed by atoms with van der Waals surface area (Å²) in [6.07, 6.45) is 3.28. The van der Waals surface area contributed by atoms with Crippen molar-refractivity contribution in [3.05, 3.63) is 29.8 Å². The molecule has 1 aromatic rings. The van der Waals surface area contributed by atoms with E-state index in [1.807, 2.05) is 0 Å². The van der Waals surface area contributed by atoms with E-state index in [0.29, 0.717) is 18.8 Å². The molecule has 2 rings (SSSR count). The fraction of sp³-hybridized carbons (Fsp3) is 0.500. The van der Waals surface area contributed by atoms with Gasteiger partial charge in [-0.1, -0.05) is 19.1 Å². The van der Waals surface area contributed by atoms with Crippen LogP contribution in [-0.2, 0) is 10.2 Å². The lowest BCUT2D eigenvalue weighted by Gasteiger charge is -2.36. The molecule has 92 valence electrons. The number of benzene rings is 1. The van der Waals surface area contributed by atoms with Crippen LogP contribution in [-0.4, -0.2) is 16.2 Å². The van der Waals surface area contributed by atoms with E-state index in [9.17, 15) is 15.0 Å². The van der Waals surface area contributed by atoms with Gasteiger partial charge < -0.3 is 10.2 Å². The Morgan fingerprint density at radius 2 is 1.76 bits per heavy atom. The van der Waals surface area contributed by atoms with Crippen LogP contribution in [0, 0.1) is 5.92 Å². The van der Waals surface area contributed by atoms with E-state index >= 15 is 0 Å². The van der Waals surface area contributed by atoms with Crippen LogP contribution in [0.15, 0.2) is 24.3 Å². The van der Waals surface area contributed by atoms with Gasteiger partial charge in [0, 0.05) is 0 Å². The molecule has 17 heavy (non-hydrogen) atoms. The summed E-state index contributed by atoms with van der Waals surface area (Å²) in [5, 5.41) is 18.8. The Morgan fingerprint density at radius 1 is 1.24 bits per heavy atom. The highest BCUT2D eigenvalue weighted by atomic mass is 16.4. The van der Waals surface area contributed by atoms with E-state index in [-0.39, 0.29) is 5.75 Å². The van der Waals surface area contributed by atoms with Crippen molar-refractivity contribution >= 4 is 5.97 Å². The van der Waals surface area contributed by atoms with Crippen molar-refractivity contribution in [2.75, 3.05) is 0 Å². The van der Waals surface area contributed by atoms with Crippen LogP contribution in [0.25, 0.3) is 0 Å². The molecule has 1 aromatic carbocycles. The molecule has 0 heterocycles. The van der Waals surface area contributed by atoms with Gasteiger partial charge >= 0.3 is 5.97 Å². The smallest absolute Gasteiger partial charge is 0.314 e. The number of carbonyl (C=O) groups is 1. The zero-order chi connectivity index (χ0) is 12.5. The number of hydrogen-bond donors (Lipinski definition) is 2. The third-order valence-corrected chi connectivity index (χ3v) is 3.96. The number of phenolic OH excluding ortho intramolecular Hbond substituents is 1. The molecule has 0 radical (unpaired) electrons. The Balaban J connectivity index is 2.35. The van der Waals surface area contributed by atoms with Gasteiger partial charge in [0.2, 0.25) is 0 Å². The van der Waals surface area contributed by atoms with Gasteiger partial charge in [-0.25, -0.2) is 0 Å². The first-order valence-corrected chi connectivity index (χ1v) is 6.07. The molecule has 2 N–H and O–H groups in total. The number of hydrogen-bond acceptors (Lipinski definition) is 2. The Labute approximate surface area is 101 Å². The van der Waals surface area contributed by atoms with Gasteiger partial charge in [0.1, 0.15) is 5.75 Å². The van der Waals surface area contributed by atoms with Crippen molar-refractivity contribution in [1.29, 1.82) is 0 Å². The average Bonchev–Trinajstić information content (AvgIpc) is 2.31. The highest BCUT2D eigenvalue weighted by molar-refractivity contribution is 5.81. The van der Waals surface area contributed by atoms with Crippen molar-refractivity contribution in [3.8, 4) is 5.75 Å². The number of carboxylic acid groups (broad SMARTS) is 1. The maximum absolute atomic E-state index is 11.6. The summed E-state index contributed by atoms with van der Waals surface area (Å²) >= 11 is 0. The van der Waals surface area contributed by atoms with E-state index < -0.39 is 11.4 Å². The summed E-state index contributed by atoms with van der Waals surface area (Å²) in [7, 11) is 0. The van der Waals surface area contributed by atoms with Gasteiger partial charge in [-0.3, -0.25) is 4.79 Å². The zero-order valence-electron chi connectivity index (χ0n) is 10.0. The van der Waals surface area contributed by atoms with Crippen molar-refractivity contribution in [1.82, 2.24) is 0 Å². The Morgan fingerprint density at radius 3 is 2.24 bits per heavy atom. The first-order valence-electron chi connectivity index (χ1n) is 6.07. The summed E-state index contributed by atoms with van der Waals surface area (Å²) in [4.78, 5) is 11.6. The maximum atomic E-state index is 11.6. The average molecular weight is 234 g/mol. The third kappa shape index (κ3) is 2.14. The minimum atomic E-state index is -0.750. The van der Waals surface area contributed by atoms with E-state index in [0.717, 1.165) is 18.4 Å². The molecule has 1 aliphatic carbocycles. The molecule has 0 aliphatic heterocycles. The van der Waals surface area contributed by atoms with E-state index in [4.69, 9.17) is 0 Å². The number of phenols is 1. The largest absolute Gasteiger partial charge is 0.508 e. The molecular weight excluding hydrogens is 216 g/mol. The molecular formula is C14H18O3. The van der Waals surface area contributed by atoms with Gasteiger partial charge in [-0.05, 0) is 49.3 Å². The van der Waals surface area contributed by atoms with Crippen LogP contribution in [0.1, 0.15) is 38.2 Å². The fourth-order valence-corrected chi connectivity index (χ4v) is 2.66. The van der Waals surface area contributed by atoms with E-state index in [2.05, 4.69) is 6.92 Å². The lowest BCUT2D eigenvalue weighted by molar-refractivity contribution is -0.145. The molecule has 1 fully saturated rings. The van der Waals surface area contributed by atoms with Crippen LogP contribution in [0.4, 0.5) is 0 Å². The van der Waals surface area contributed by atoms with Gasteiger partial charge in [-0.15, -0.1) is 0 Å². The molecule has 1 saturated carbocycles. The highest BCUT2D eigenvalue weighted by Crippen LogP contribution is 2.42. The molecule has 0 unspecified atom stereocenters. The first-order chi connectivity index (χ1) is 8.04. The lowest BCUT2D eigenvalue weighted by Crippen LogP contribution is -2.39. The summed E-state index contributed by atoms with van der Waals surface area (Å²) in [6.45, 7) is 2.17. The second kappa shape index (κ2) is 4.40. The quantitative estimate of drug-likeness (QED) is 0.827. The van der Waals surface area contributed by atoms with Crippen molar-refractivity contribution < 1.29 is 15.0 Å². The summed E-state index contributed by atoms with van der Waals surface area (Å²) in [5.74, 6) is 0.0492. The fourth-order valence-electron chi connectivity index (χ4n) is 2.66. The second-order valence-electron chi connectivity index (χ2n) is 5.12. The molecule has 0 bridgehead atoms. The minimum absolute atomic E-state index is 0.179. The van der Waals surface area contributed by atoms with Crippen LogP contribution in [0.5, 0.6) is 5.75 Å². The van der Waals surface area contributed by atoms with Gasteiger partial charge in [0.05, 0.1) is 5.41 Å². The Hall–Kier alpha value is -1.51. The first kappa shape index (κ1) is 12.0. The molecule has 3 nitrogen and oxygen atoms in total. The minimum Gasteiger partial charge on any atom is -0.508 e. The zero-order valence-corrected chi connectivity index (χ0v) is 10.0. The molecule has 0 saturated heterocycles. The number of aromatic hydroxyl groups is 1. The van der Waals surface area contributed by atoms with E-state index in [1.54, 1.807) is 24.3 Å². The highest BCUT2D eigenvalue weighted by Gasteiger charge is 2.42. The van der Waals surface area contributed by atoms with Crippen LogP contribution in [0.3, 0.4) is 0 Å². The standard InChI is InChI=1S/C14H18O3/c1-10-6-8-14(9-7-10,13(16)17)11-2-4-12(15)5-3-11/h2-5,10,15H,6-9H2,1H3,(H,16,17). The topological polar surface area (TPSA) is 57.5 Å². The summed E-state index contributed by atoms with van der Waals surface area (Å²) in [6, 6.07) is 6.61.